The second-order valence-corrected chi connectivity index (χ2v) is 1.41. The Morgan fingerprint density at radius 1 is 1.67 bits per heavy atom. The highest BCUT2D eigenvalue weighted by atomic mass is 15.1. The number of rotatable bonds is 0. The maximum Gasteiger partial charge on any atom is 0.321 e. The van der Waals surface area contributed by atoms with E-state index >= 15 is 0 Å². The first-order valence-corrected chi connectivity index (χ1v) is 1.93. The molecule has 0 bridgehead atoms. The second-order valence-electron chi connectivity index (χ2n) is 1.41. The Kier molecular flexibility index (Phi) is 2.22. The van der Waals surface area contributed by atoms with Gasteiger partial charge < -0.3 is 0 Å². The van der Waals surface area contributed by atoms with Crippen LogP contribution < -0.4 is 5.84 Å². The highest BCUT2D eigenvalue weighted by Crippen LogP contribution is 1.83. The lowest BCUT2D eigenvalue weighted by Crippen LogP contribution is -1.78. The zero-order valence-electron chi connectivity index (χ0n) is 4.10. The van der Waals surface area contributed by atoms with Gasteiger partial charge in [-0.15, -0.1) is 0 Å². The smallest absolute Gasteiger partial charge is 0.0928 e. The Balaban J connectivity index is 3.20. The fraction of sp³-hybridized carbons (Fsp3) is 0.750. The van der Waals surface area contributed by atoms with Crippen molar-refractivity contribution < 1.29 is 0 Å². The molecule has 0 heterocycles. The molecule has 0 aliphatic carbocycles. The number of nitrogens with two attached hydrogens (primary N) is 1. The molecule has 2 nitrogen and oxygen atoms in total. The third-order valence-corrected chi connectivity index (χ3v) is 0.333. The van der Waals surface area contributed by atoms with Crippen LogP contribution >= 0.6 is 0 Å². The first-order valence-electron chi connectivity index (χ1n) is 1.93. The summed E-state index contributed by atoms with van der Waals surface area (Å²) in [5.74, 6) is 5.10. The van der Waals surface area contributed by atoms with Crippen molar-refractivity contribution in [2.45, 2.75) is 13.8 Å². The van der Waals surface area contributed by atoms with Gasteiger partial charge in [-0.25, -0.2) is 0 Å². The molecule has 0 spiro atoms. The summed E-state index contributed by atoms with van der Waals surface area (Å²) in [6.45, 7) is 3.94. The number of hydrogen-bond donors (Lipinski definition) is 1. The summed E-state index contributed by atoms with van der Waals surface area (Å²) in [6, 6.07) is 2.61. The molecule has 0 aromatic carbocycles. The minimum Gasteiger partial charge on any atom is -0.0928 e. The van der Waals surface area contributed by atoms with Crippen LogP contribution in [-0.2, 0) is 0 Å². The van der Waals surface area contributed by atoms with Crippen LogP contribution in [0.1, 0.15) is 13.8 Å². The van der Waals surface area contributed by atoms with Gasteiger partial charge in [-0.1, -0.05) is 5.84 Å². The van der Waals surface area contributed by atoms with Crippen LogP contribution in [0, 0.1) is 12.0 Å². The van der Waals surface area contributed by atoms with Crippen molar-refractivity contribution in [3.63, 3.8) is 0 Å². The van der Waals surface area contributed by atoms with Gasteiger partial charge in [0.1, 0.15) is 0 Å². The molecule has 0 saturated heterocycles. The SMILES string of the molecule is CC(C)C#[N+]N. The summed E-state index contributed by atoms with van der Waals surface area (Å²) in [4.78, 5) is 3.19. The molecule has 0 rings (SSSR count). The van der Waals surface area contributed by atoms with Crippen LogP contribution in [0.3, 0.4) is 0 Å². The van der Waals surface area contributed by atoms with Crippen LogP contribution in [-0.4, -0.2) is 0 Å². The highest BCUT2D eigenvalue weighted by molar-refractivity contribution is 4.84. The minimum absolute atomic E-state index is 0.356. The third kappa shape index (κ3) is 3.29. The molecule has 0 aromatic rings. The van der Waals surface area contributed by atoms with Crippen LogP contribution in [0.2, 0.25) is 0 Å². The Labute approximate surface area is 37.7 Å². The fourth-order valence-corrected chi connectivity index (χ4v) is 0.149. The van der Waals surface area contributed by atoms with Gasteiger partial charge in [0.25, 0.3) is 0 Å². The topological polar surface area (TPSA) is 30.4 Å². The van der Waals surface area contributed by atoms with E-state index in [2.05, 4.69) is 11.0 Å². The summed E-state index contributed by atoms with van der Waals surface area (Å²) in [7, 11) is 0. The number of nitrogens with zero attached hydrogens (tertiary/aromatic N) is 1. The quantitative estimate of drug-likeness (QED) is 0.343. The standard InChI is InChI=1S/C4H9N2/c1-4(2)3-6-5/h4H,5H2,1-2H3/q+1. The molecule has 6 heavy (non-hydrogen) atoms. The number of hydrogen-bond acceptors (Lipinski definition) is 1. The lowest BCUT2D eigenvalue weighted by molar-refractivity contribution is 0.863. The first kappa shape index (κ1) is 5.29. The Bertz CT molecular complexity index is 75.3. The normalized spacial score (nSPS) is 7.17. The van der Waals surface area contributed by atoms with E-state index in [9.17, 15) is 0 Å². The van der Waals surface area contributed by atoms with E-state index in [0.29, 0.717) is 5.92 Å². The average molecular weight is 85.1 g/mol. The van der Waals surface area contributed by atoms with E-state index in [-0.39, 0.29) is 0 Å². The molecular formula is C4H9N2+. The minimum atomic E-state index is 0.356. The Morgan fingerprint density at radius 3 is 2.17 bits per heavy atom. The summed E-state index contributed by atoms with van der Waals surface area (Å²) in [5.41, 5.74) is 0. The Morgan fingerprint density at radius 2 is 2.17 bits per heavy atom. The fourth-order valence-electron chi connectivity index (χ4n) is 0.149. The maximum atomic E-state index is 4.74. The third-order valence-electron chi connectivity index (χ3n) is 0.333. The van der Waals surface area contributed by atoms with Gasteiger partial charge in [-0.05, 0) is 13.8 Å². The van der Waals surface area contributed by atoms with Crippen molar-refractivity contribution in [3.05, 3.63) is 4.95 Å². The van der Waals surface area contributed by atoms with Crippen molar-refractivity contribution in [3.8, 4) is 6.07 Å². The lowest BCUT2D eigenvalue weighted by Gasteiger charge is -1.70. The molecule has 0 aromatic heterocycles. The van der Waals surface area contributed by atoms with E-state index in [1.54, 1.807) is 0 Å². The predicted octanol–water partition coefficient (Wildman–Crippen LogP) is 0.849. The van der Waals surface area contributed by atoms with Gasteiger partial charge in [0.05, 0.1) is 10.9 Å². The van der Waals surface area contributed by atoms with Gasteiger partial charge in [-0.3, -0.25) is 0 Å². The molecule has 0 atom stereocenters. The highest BCUT2D eigenvalue weighted by Gasteiger charge is 1.89. The van der Waals surface area contributed by atoms with Crippen LogP contribution in [0.15, 0.2) is 0 Å². The van der Waals surface area contributed by atoms with Gasteiger partial charge in [0.2, 0.25) is 0 Å². The Hall–Kier alpha value is -0.710. The largest absolute Gasteiger partial charge is 0.321 e. The van der Waals surface area contributed by atoms with Gasteiger partial charge in [0.15, 0.2) is 0 Å². The molecule has 2 N–H and O–H groups in total. The van der Waals surface area contributed by atoms with Crippen molar-refractivity contribution in [1.29, 1.82) is 0 Å². The molecular weight excluding hydrogens is 76.1 g/mol. The molecule has 2 heteroatoms. The first-order chi connectivity index (χ1) is 2.77. The molecule has 0 radical (unpaired) electrons. The van der Waals surface area contributed by atoms with Crippen molar-refractivity contribution in [2.75, 3.05) is 0 Å². The summed E-state index contributed by atoms with van der Waals surface area (Å²) in [5, 5.41) is 0. The molecule has 34 valence electrons. The van der Waals surface area contributed by atoms with Crippen LogP contribution in [0.4, 0.5) is 0 Å². The van der Waals surface area contributed by atoms with E-state index in [4.69, 9.17) is 5.84 Å². The van der Waals surface area contributed by atoms with E-state index < -0.39 is 0 Å². The van der Waals surface area contributed by atoms with E-state index in [0.717, 1.165) is 0 Å². The van der Waals surface area contributed by atoms with Crippen LogP contribution in [0.25, 0.3) is 4.95 Å². The predicted molar refractivity (Wildman–Crippen MR) is 26.3 cm³/mol. The zero-order chi connectivity index (χ0) is 4.99. The van der Waals surface area contributed by atoms with E-state index in [1.807, 2.05) is 13.8 Å². The summed E-state index contributed by atoms with van der Waals surface area (Å²) < 4.78 is 0. The molecule has 0 amide bonds. The van der Waals surface area contributed by atoms with Crippen molar-refractivity contribution in [1.82, 2.24) is 0 Å². The van der Waals surface area contributed by atoms with Gasteiger partial charge in [-0.2, -0.15) is 0 Å². The molecule has 0 saturated carbocycles. The van der Waals surface area contributed by atoms with Crippen molar-refractivity contribution in [2.24, 2.45) is 11.8 Å². The maximum absolute atomic E-state index is 4.74. The van der Waals surface area contributed by atoms with Gasteiger partial charge in [0, 0.05) is 0 Å². The zero-order valence-corrected chi connectivity index (χ0v) is 4.10. The molecule has 0 aliphatic rings. The summed E-state index contributed by atoms with van der Waals surface area (Å²) in [6.07, 6.45) is 0. The van der Waals surface area contributed by atoms with Crippen LogP contribution in [0.5, 0.6) is 0 Å². The lowest BCUT2D eigenvalue weighted by atomic mass is 10.3. The molecule has 0 aliphatic heterocycles. The monoisotopic (exact) mass is 85.1 g/mol. The summed E-state index contributed by atoms with van der Waals surface area (Å²) >= 11 is 0. The molecule has 0 fully saturated rings. The molecule has 0 unspecified atom stereocenters. The second kappa shape index (κ2) is 2.52. The van der Waals surface area contributed by atoms with Crippen molar-refractivity contribution >= 4 is 0 Å². The van der Waals surface area contributed by atoms with E-state index in [1.165, 1.54) is 0 Å². The van der Waals surface area contributed by atoms with Gasteiger partial charge >= 0.3 is 6.07 Å². The average Bonchev–Trinajstić information content (AvgIpc) is 1.35.